The Balaban J connectivity index is 2.33. The van der Waals surface area contributed by atoms with E-state index < -0.39 is 0 Å². The van der Waals surface area contributed by atoms with Crippen molar-refractivity contribution in [1.29, 1.82) is 5.26 Å². The number of hydrogen-bond donors (Lipinski definition) is 0. The van der Waals surface area contributed by atoms with Crippen molar-refractivity contribution in [2.75, 3.05) is 0 Å². The van der Waals surface area contributed by atoms with Crippen LogP contribution in [0.5, 0.6) is 0 Å². The Hall–Kier alpha value is -2.54. The standard InChI is InChI=1S/C15H13N3O/c1-10(2)18-14-4-3-11(8-16)7-13(14)17-15(18)12-5-6-19-9-12/h3-7,9-10H,1-2H3. The van der Waals surface area contributed by atoms with Crippen LogP contribution in [0.25, 0.3) is 22.4 Å². The summed E-state index contributed by atoms with van der Waals surface area (Å²) in [6.07, 6.45) is 3.32. The summed E-state index contributed by atoms with van der Waals surface area (Å²) in [7, 11) is 0. The van der Waals surface area contributed by atoms with Gasteiger partial charge >= 0.3 is 0 Å². The van der Waals surface area contributed by atoms with E-state index in [4.69, 9.17) is 9.68 Å². The van der Waals surface area contributed by atoms with Crippen molar-refractivity contribution in [3.63, 3.8) is 0 Å². The number of aromatic nitrogens is 2. The van der Waals surface area contributed by atoms with Crippen LogP contribution in [-0.4, -0.2) is 9.55 Å². The van der Waals surface area contributed by atoms with Crippen LogP contribution in [0.15, 0.2) is 41.2 Å². The van der Waals surface area contributed by atoms with Crippen LogP contribution in [0.3, 0.4) is 0 Å². The predicted molar refractivity (Wildman–Crippen MR) is 72.5 cm³/mol. The average Bonchev–Trinajstić information content (AvgIpc) is 3.04. The van der Waals surface area contributed by atoms with Gasteiger partial charge in [0.15, 0.2) is 0 Å². The number of rotatable bonds is 2. The maximum absolute atomic E-state index is 8.97. The Morgan fingerprint density at radius 1 is 1.32 bits per heavy atom. The lowest BCUT2D eigenvalue weighted by molar-refractivity contribution is 0.566. The van der Waals surface area contributed by atoms with E-state index in [-0.39, 0.29) is 6.04 Å². The number of nitriles is 1. The molecule has 2 aromatic heterocycles. The molecule has 0 unspecified atom stereocenters. The fourth-order valence-corrected chi connectivity index (χ4v) is 2.29. The Bertz CT molecular complexity index is 761. The normalized spacial score (nSPS) is 11.1. The van der Waals surface area contributed by atoms with Crippen molar-refractivity contribution in [3.05, 3.63) is 42.4 Å². The van der Waals surface area contributed by atoms with E-state index >= 15 is 0 Å². The zero-order valence-corrected chi connectivity index (χ0v) is 10.8. The Morgan fingerprint density at radius 2 is 2.16 bits per heavy atom. The van der Waals surface area contributed by atoms with E-state index in [1.807, 2.05) is 24.3 Å². The van der Waals surface area contributed by atoms with Gasteiger partial charge in [0.2, 0.25) is 0 Å². The number of hydrogen-bond acceptors (Lipinski definition) is 3. The van der Waals surface area contributed by atoms with E-state index in [2.05, 4.69) is 29.5 Å². The highest BCUT2D eigenvalue weighted by atomic mass is 16.3. The van der Waals surface area contributed by atoms with Crippen LogP contribution in [-0.2, 0) is 0 Å². The van der Waals surface area contributed by atoms with Crippen molar-refractivity contribution in [2.45, 2.75) is 19.9 Å². The topological polar surface area (TPSA) is 54.8 Å². The van der Waals surface area contributed by atoms with Crippen molar-refractivity contribution >= 4 is 11.0 Å². The maximum atomic E-state index is 8.97. The second-order valence-electron chi connectivity index (χ2n) is 4.73. The third-order valence-electron chi connectivity index (χ3n) is 3.11. The van der Waals surface area contributed by atoms with Gasteiger partial charge in [0.25, 0.3) is 0 Å². The minimum absolute atomic E-state index is 0.280. The Morgan fingerprint density at radius 3 is 2.79 bits per heavy atom. The minimum Gasteiger partial charge on any atom is -0.472 e. The lowest BCUT2D eigenvalue weighted by Gasteiger charge is -2.11. The zero-order valence-electron chi connectivity index (χ0n) is 10.8. The van der Waals surface area contributed by atoms with Crippen molar-refractivity contribution in [2.24, 2.45) is 0 Å². The van der Waals surface area contributed by atoms with Gasteiger partial charge < -0.3 is 8.98 Å². The number of nitrogens with zero attached hydrogens (tertiary/aromatic N) is 3. The Kier molecular flexibility index (Phi) is 2.60. The molecule has 0 atom stereocenters. The van der Waals surface area contributed by atoms with Crippen LogP contribution >= 0.6 is 0 Å². The molecule has 1 aromatic carbocycles. The molecule has 4 nitrogen and oxygen atoms in total. The summed E-state index contributed by atoms with van der Waals surface area (Å²) in [4.78, 5) is 4.64. The number of imidazole rings is 1. The van der Waals surface area contributed by atoms with Crippen molar-refractivity contribution in [1.82, 2.24) is 9.55 Å². The van der Waals surface area contributed by atoms with Crippen molar-refractivity contribution in [3.8, 4) is 17.5 Å². The SMILES string of the molecule is CC(C)n1c(-c2ccoc2)nc2cc(C#N)ccc21. The molecule has 0 spiro atoms. The molecule has 94 valence electrons. The smallest absolute Gasteiger partial charge is 0.144 e. The number of furan rings is 1. The van der Waals surface area contributed by atoms with Gasteiger partial charge in [-0.25, -0.2) is 4.98 Å². The second-order valence-corrected chi connectivity index (χ2v) is 4.73. The van der Waals surface area contributed by atoms with Crippen LogP contribution in [0.2, 0.25) is 0 Å². The summed E-state index contributed by atoms with van der Waals surface area (Å²) in [5.74, 6) is 0.869. The zero-order chi connectivity index (χ0) is 13.4. The molecule has 0 amide bonds. The van der Waals surface area contributed by atoms with Gasteiger partial charge in [0.1, 0.15) is 12.1 Å². The largest absolute Gasteiger partial charge is 0.472 e. The van der Waals surface area contributed by atoms with Gasteiger partial charge in [-0.05, 0) is 38.1 Å². The molecule has 0 aliphatic carbocycles. The van der Waals surface area contributed by atoms with Gasteiger partial charge in [-0.1, -0.05) is 0 Å². The summed E-state index contributed by atoms with van der Waals surface area (Å²) in [5.41, 5.74) is 3.44. The first-order chi connectivity index (χ1) is 9.20. The molecule has 19 heavy (non-hydrogen) atoms. The molecule has 0 bridgehead atoms. The third kappa shape index (κ3) is 1.80. The highest BCUT2D eigenvalue weighted by Crippen LogP contribution is 2.28. The first kappa shape index (κ1) is 11.5. The second kappa shape index (κ2) is 4.29. The molecular weight excluding hydrogens is 238 g/mol. The summed E-state index contributed by atoms with van der Waals surface area (Å²) >= 11 is 0. The van der Waals surface area contributed by atoms with Gasteiger partial charge in [0, 0.05) is 6.04 Å². The minimum atomic E-state index is 0.280. The summed E-state index contributed by atoms with van der Waals surface area (Å²) in [6, 6.07) is 9.91. The van der Waals surface area contributed by atoms with Crippen LogP contribution in [0.1, 0.15) is 25.5 Å². The van der Waals surface area contributed by atoms with E-state index in [1.165, 1.54) is 0 Å². The van der Waals surface area contributed by atoms with Crippen LogP contribution < -0.4 is 0 Å². The van der Waals surface area contributed by atoms with Gasteiger partial charge in [-0.3, -0.25) is 0 Å². The molecular formula is C15H13N3O. The molecule has 0 saturated heterocycles. The number of benzene rings is 1. The first-order valence-electron chi connectivity index (χ1n) is 6.15. The van der Waals surface area contributed by atoms with Crippen molar-refractivity contribution < 1.29 is 4.42 Å². The molecule has 3 aromatic rings. The molecule has 0 aliphatic rings. The van der Waals surface area contributed by atoms with Gasteiger partial charge in [-0.2, -0.15) is 5.26 Å². The molecule has 0 fully saturated rings. The highest BCUT2D eigenvalue weighted by molar-refractivity contribution is 5.82. The van der Waals surface area contributed by atoms with E-state index in [1.54, 1.807) is 12.5 Å². The van der Waals surface area contributed by atoms with E-state index in [9.17, 15) is 0 Å². The predicted octanol–water partition coefficient (Wildman–Crippen LogP) is 3.75. The summed E-state index contributed by atoms with van der Waals surface area (Å²) < 4.78 is 7.29. The molecule has 0 N–H and O–H groups in total. The molecule has 4 heteroatoms. The molecule has 0 aliphatic heterocycles. The van der Waals surface area contributed by atoms with Crippen LogP contribution in [0.4, 0.5) is 0 Å². The highest BCUT2D eigenvalue weighted by Gasteiger charge is 2.15. The van der Waals surface area contributed by atoms with Crippen LogP contribution in [0, 0.1) is 11.3 Å². The maximum Gasteiger partial charge on any atom is 0.144 e. The summed E-state index contributed by atoms with van der Waals surface area (Å²) in [5, 5.41) is 8.97. The molecule has 3 rings (SSSR count). The van der Waals surface area contributed by atoms with Gasteiger partial charge in [-0.15, -0.1) is 0 Å². The number of fused-ring (bicyclic) bond motifs is 1. The monoisotopic (exact) mass is 251 g/mol. The fraction of sp³-hybridized carbons (Fsp3) is 0.200. The molecule has 2 heterocycles. The lowest BCUT2D eigenvalue weighted by Crippen LogP contribution is -2.02. The lowest BCUT2D eigenvalue weighted by atomic mass is 10.2. The first-order valence-corrected chi connectivity index (χ1v) is 6.15. The summed E-state index contributed by atoms with van der Waals surface area (Å²) in [6.45, 7) is 4.23. The fourth-order valence-electron chi connectivity index (χ4n) is 2.29. The van der Waals surface area contributed by atoms with Gasteiger partial charge in [0.05, 0.1) is 34.5 Å². The third-order valence-corrected chi connectivity index (χ3v) is 3.11. The average molecular weight is 251 g/mol. The molecule has 0 radical (unpaired) electrons. The Labute approximate surface area is 110 Å². The van der Waals surface area contributed by atoms with E-state index in [0.717, 1.165) is 22.4 Å². The molecule has 0 saturated carbocycles. The van der Waals surface area contributed by atoms with E-state index in [0.29, 0.717) is 5.56 Å². The quantitative estimate of drug-likeness (QED) is 0.697.